The molecule has 2 rings (SSSR count). The Bertz CT molecular complexity index is 505. The Morgan fingerprint density at radius 1 is 1.57 bits per heavy atom. The first-order valence-electron chi connectivity index (χ1n) is 7.01. The van der Waals surface area contributed by atoms with Gasteiger partial charge in [-0.05, 0) is 29.8 Å². The quantitative estimate of drug-likeness (QED) is 0.757. The average molecular weight is 310 g/mol. The number of amides is 3. The summed E-state index contributed by atoms with van der Waals surface area (Å²) in [6.45, 7) is 4.07. The summed E-state index contributed by atoms with van der Waals surface area (Å²) in [5.74, 6) is 0.0272. The molecule has 0 spiro atoms. The normalized spacial score (nSPS) is 23.0. The van der Waals surface area contributed by atoms with Gasteiger partial charge in [0.05, 0.1) is 12.5 Å². The monoisotopic (exact) mass is 310 g/mol. The van der Waals surface area contributed by atoms with E-state index in [0.717, 1.165) is 17.8 Å². The Morgan fingerprint density at radius 3 is 2.86 bits per heavy atom. The maximum absolute atomic E-state index is 12.4. The van der Waals surface area contributed by atoms with Crippen LogP contribution in [0.25, 0.3) is 0 Å². The lowest BCUT2D eigenvalue weighted by Crippen LogP contribution is -2.38. The van der Waals surface area contributed by atoms with Gasteiger partial charge < -0.3 is 21.7 Å². The van der Waals surface area contributed by atoms with Crippen LogP contribution in [0.2, 0.25) is 0 Å². The molecule has 0 aromatic carbocycles. The SMILES string of the molecule is CC1(CN)CCN(C(=O)CC(NC(N)=O)c2cccs2)C1. The van der Waals surface area contributed by atoms with E-state index >= 15 is 0 Å². The zero-order valence-corrected chi connectivity index (χ0v) is 13.0. The van der Waals surface area contributed by atoms with E-state index in [2.05, 4.69) is 12.2 Å². The van der Waals surface area contributed by atoms with Gasteiger partial charge in [-0.3, -0.25) is 4.79 Å². The number of thiophene rings is 1. The molecule has 1 fully saturated rings. The summed E-state index contributed by atoms with van der Waals surface area (Å²) in [6.07, 6.45) is 1.15. The van der Waals surface area contributed by atoms with Crippen LogP contribution < -0.4 is 16.8 Å². The van der Waals surface area contributed by atoms with Gasteiger partial charge in [-0.2, -0.15) is 0 Å². The number of carbonyl (C=O) groups is 2. The van der Waals surface area contributed by atoms with Gasteiger partial charge in [0.25, 0.3) is 0 Å². The second-order valence-electron chi connectivity index (χ2n) is 5.86. The zero-order valence-electron chi connectivity index (χ0n) is 12.2. The predicted octanol–water partition coefficient (Wildman–Crippen LogP) is 1.04. The Labute approximate surface area is 128 Å². The highest BCUT2D eigenvalue weighted by molar-refractivity contribution is 7.10. The van der Waals surface area contributed by atoms with Gasteiger partial charge in [0.2, 0.25) is 5.91 Å². The topological polar surface area (TPSA) is 101 Å². The zero-order chi connectivity index (χ0) is 15.5. The molecule has 1 aromatic rings. The molecule has 0 aliphatic carbocycles. The molecule has 2 heterocycles. The summed E-state index contributed by atoms with van der Waals surface area (Å²) >= 11 is 1.50. The van der Waals surface area contributed by atoms with Gasteiger partial charge in [-0.25, -0.2) is 4.79 Å². The summed E-state index contributed by atoms with van der Waals surface area (Å²) < 4.78 is 0. The highest BCUT2D eigenvalue weighted by Gasteiger charge is 2.35. The number of nitrogens with zero attached hydrogens (tertiary/aromatic N) is 1. The first kappa shape index (κ1) is 15.8. The van der Waals surface area contributed by atoms with Crippen molar-refractivity contribution >= 4 is 23.3 Å². The molecule has 0 saturated carbocycles. The van der Waals surface area contributed by atoms with Gasteiger partial charge in [0.1, 0.15) is 0 Å². The Kier molecular flexibility index (Phi) is 4.84. The first-order valence-corrected chi connectivity index (χ1v) is 7.89. The van der Waals surface area contributed by atoms with E-state index in [9.17, 15) is 9.59 Å². The van der Waals surface area contributed by atoms with E-state index in [1.54, 1.807) is 0 Å². The summed E-state index contributed by atoms with van der Waals surface area (Å²) in [6, 6.07) is 2.81. The summed E-state index contributed by atoms with van der Waals surface area (Å²) in [7, 11) is 0. The number of hydrogen-bond donors (Lipinski definition) is 3. The van der Waals surface area contributed by atoms with E-state index in [1.807, 2.05) is 22.4 Å². The third-order valence-electron chi connectivity index (χ3n) is 3.99. The molecule has 1 aliphatic rings. The minimum absolute atomic E-state index is 0.00516. The molecule has 2 atom stereocenters. The highest BCUT2D eigenvalue weighted by Crippen LogP contribution is 2.30. The molecule has 1 aromatic heterocycles. The standard InChI is InChI=1S/C14H22N4O2S/c1-14(8-15)4-5-18(9-14)12(19)7-10(17-13(16)20)11-3-2-6-21-11/h2-3,6,10H,4-5,7-9,15H2,1H3,(H3,16,17,20). The van der Waals surface area contributed by atoms with Crippen LogP contribution in [0.4, 0.5) is 4.79 Å². The fraction of sp³-hybridized carbons (Fsp3) is 0.571. The minimum atomic E-state index is -0.616. The molecular weight excluding hydrogens is 288 g/mol. The maximum atomic E-state index is 12.4. The smallest absolute Gasteiger partial charge is 0.312 e. The van der Waals surface area contributed by atoms with Gasteiger partial charge in [0, 0.05) is 18.0 Å². The largest absolute Gasteiger partial charge is 0.352 e. The first-order chi connectivity index (χ1) is 9.93. The van der Waals surface area contributed by atoms with Gasteiger partial charge >= 0.3 is 6.03 Å². The van der Waals surface area contributed by atoms with Crippen LogP contribution in [0.3, 0.4) is 0 Å². The van der Waals surface area contributed by atoms with Crippen LogP contribution >= 0.6 is 11.3 Å². The molecule has 3 amide bonds. The van der Waals surface area contributed by atoms with Crippen molar-refractivity contribution in [3.05, 3.63) is 22.4 Å². The Morgan fingerprint density at radius 2 is 2.33 bits per heavy atom. The van der Waals surface area contributed by atoms with E-state index in [-0.39, 0.29) is 23.8 Å². The highest BCUT2D eigenvalue weighted by atomic mass is 32.1. The fourth-order valence-corrected chi connectivity index (χ4v) is 3.37. The molecular formula is C14H22N4O2S. The van der Waals surface area contributed by atoms with Crippen molar-refractivity contribution < 1.29 is 9.59 Å². The second-order valence-corrected chi connectivity index (χ2v) is 6.84. The lowest BCUT2D eigenvalue weighted by molar-refractivity contribution is -0.131. The summed E-state index contributed by atoms with van der Waals surface area (Å²) in [4.78, 5) is 26.3. The third kappa shape index (κ3) is 3.95. The van der Waals surface area contributed by atoms with Crippen molar-refractivity contribution in [1.82, 2.24) is 10.2 Å². The number of likely N-dealkylation sites (tertiary alicyclic amines) is 1. The molecule has 6 nitrogen and oxygen atoms in total. The number of primary amides is 1. The summed E-state index contributed by atoms with van der Waals surface area (Å²) in [5.41, 5.74) is 11.0. The molecule has 0 radical (unpaired) electrons. The van der Waals surface area contributed by atoms with Crippen LogP contribution in [0.15, 0.2) is 17.5 Å². The second kappa shape index (κ2) is 6.44. The van der Waals surface area contributed by atoms with Crippen molar-refractivity contribution in [2.45, 2.75) is 25.8 Å². The molecule has 1 saturated heterocycles. The van der Waals surface area contributed by atoms with Crippen LogP contribution in [-0.4, -0.2) is 36.5 Å². The van der Waals surface area contributed by atoms with Crippen LogP contribution in [-0.2, 0) is 4.79 Å². The molecule has 2 unspecified atom stereocenters. The average Bonchev–Trinajstić information content (AvgIpc) is 3.07. The number of rotatable bonds is 5. The third-order valence-corrected chi connectivity index (χ3v) is 4.97. The van der Waals surface area contributed by atoms with Crippen molar-refractivity contribution in [3.63, 3.8) is 0 Å². The molecule has 21 heavy (non-hydrogen) atoms. The van der Waals surface area contributed by atoms with Crippen LogP contribution in [0, 0.1) is 5.41 Å². The number of hydrogen-bond acceptors (Lipinski definition) is 4. The van der Waals surface area contributed by atoms with Gasteiger partial charge in [0.15, 0.2) is 0 Å². The number of urea groups is 1. The number of nitrogens with one attached hydrogen (secondary N) is 1. The van der Waals surface area contributed by atoms with Crippen molar-refractivity contribution in [3.8, 4) is 0 Å². The van der Waals surface area contributed by atoms with E-state index in [1.165, 1.54) is 11.3 Å². The Balaban J connectivity index is 2.00. The molecule has 7 heteroatoms. The number of carbonyl (C=O) groups excluding carboxylic acids is 2. The molecule has 116 valence electrons. The predicted molar refractivity (Wildman–Crippen MR) is 82.8 cm³/mol. The number of nitrogens with two attached hydrogens (primary N) is 2. The van der Waals surface area contributed by atoms with Gasteiger partial charge in [-0.1, -0.05) is 13.0 Å². The van der Waals surface area contributed by atoms with E-state index in [4.69, 9.17) is 11.5 Å². The minimum Gasteiger partial charge on any atom is -0.352 e. The van der Waals surface area contributed by atoms with E-state index < -0.39 is 6.03 Å². The van der Waals surface area contributed by atoms with Crippen LogP contribution in [0.5, 0.6) is 0 Å². The lowest BCUT2D eigenvalue weighted by atomic mass is 9.90. The van der Waals surface area contributed by atoms with Crippen molar-refractivity contribution in [1.29, 1.82) is 0 Å². The van der Waals surface area contributed by atoms with Gasteiger partial charge in [-0.15, -0.1) is 11.3 Å². The fourth-order valence-electron chi connectivity index (χ4n) is 2.59. The van der Waals surface area contributed by atoms with Crippen molar-refractivity contribution in [2.24, 2.45) is 16.9 Å². The van der Waals surface area contributed by atoms with Crippen LogP contribution in [0.1, 0.15) is 30.7 Å². The Hall–Kier alpha value is -1.60. The molecule has 0 bridgehead atoms. The molecule has 1 aliphatic heterocycles. The van der Waals surface area contributed by atoms with E-state index in [0.29, 0.717) is 13.1 Å². The van der Waals surface area contributed by atoms with Crippen molar-refractivity contribution in [2.75, 3.05) is 19.6 Å². The molecule has 5 N–H and O–H groups in total. The maximum Gasteiger partial charge on any atom is 0.312 e. The lowest BCUT2D eigenvalue weighted by Gasteiger charge is -2.24. The summed E-state index contributed by atoms with van der Waals surface area (Å²) in [5, 5.41) is 4.56.